The Morgan fingerprint density at radius 2 is 1.75 bits per heavy atom. The van der Waals surface area contributed by atoms with Crippen LogP contribution in [0.2, 0.25) is 0 Å². The zero-order chi connectivity index (χ0) is 19.3. The molecule has 1 unspecified atom stereocenters. The molecule has 0 aliphatic heterocycles. The van der Waals surface area contributed by atoms with Crippen LogP contribution in [-0.2, 0) is 17.4 Å². The second kappa shape index (κ2) is 8.19. The minimum Gasteiger partial charge on any atom is -0.489 e. The number of aromatic nitrogens is 2. The molecule has 0 saturated heterocycles. The van der Waals surface area contributed by atoms with Crippen molar-refractivity contribution in [2.45, 2.75) is 11.5 Å². The van der Waals surface area contributed by atoms with Gasteiger partial charge in [0.2, 0.25) is 0 Å². The Morgan fingerprint density at radius 3 is 2.50 bits per heavy atom. The molecule has 4 aromatic rings. The molecule has 0 saturated carbocycles. The van der Waals surface area contributed by atoms with Crippen molar-refractivity contribution in [2.75, 3.05) is 11.6 Å². The van der Waals surface area contributed by atoms with Gasteiger partial charge >= 0.3 is 0 Å². The van der Waals surface area contributed by atoms with Crippen molar-refractivity contribution in [1.82, 2.24) is 9.97 Å². The number of nitrogens with one attached hydrogen (secondary N) is 1. The second-order valence-corrected chi connectivity index (χ2v) is 7.66. The molecule has 4 rings (SSSR count). The molecule has 0 amide bonds. The molecule has 1 heterocycles. The first-order valence-electron chi connectivity index (χ1n) is 8.81. The lowest BCUT2D eigenvalue weighted by Gasteiger charge is -2.10. The van der Waals surface area contributed by atoms with Crippen LogP contribution in [0.5, 0.6) is 5.75 Å². The van der Waals surface area contributed by atoms with Crippen LogP contribution in [0.4, 0.5) is 11.5 Å². The normalized spacial score (nSPS) is 11.9. The Hall–Kier alpha value is -3.25. The maximum Gasteiger partial charge on any atom is 0.141 e. The lowest BCUT2D eigenvalue weighted by molar-refractivity contribution is 0.306. The van der Waals surface area contributed by atoms with E-state index < -0.39 is 10.8 Å². The summed E-state index contributed by atoms with van der Waals surface area (Å²) in [5.41, 5.74) is 2.81. The summed E-state index contributed by atoms with van der Waals surface area (Å²) in [6.07, 6.45) is 3.18. The van der Waals surface area contributed by atoms with Gasteiger partial charge in [-0.3, -0.25) is 4.21 Å². The molecule has 0 aliphatic carbocycles. The minimum atomic E-state index is -1.06. The van der Waals surface area contributed by atoms with E-state index in [2.05, 4.69) is 15.3 Å². The first kappa shape index (κ1) is 18.1. The summed E-state index contributed by atoms with van der Waals surface area (Å²) in [7, 11) is -1.06. The van der Waals surface area contributed by atoms with Crippen molar-refractivity contribution in [1.29, 1.82) is 0 Å². The van der Waals surface area contributed by atoms with Crippen LogP contribution >= 0.6 is 0 Å². The summed E-state index contributed by atoms with van der Waals surface area (Å²) in [6, 6.07) is 23.3. The van der Waals surface area contributed by atoms with Crippen molar-refractivity contribution in [3.63, 3.8) is 0 Å². The van der Waals surface area contributed by atoms with Gasteiger partial charge in [-0.25, -0.2) is 9.97 Å². The van der Waals surface area contributed by atoms with Gasteiger partial charge in [0.15, 0.2) is 0 Å². The fraction of sp³-hybridized carbons (Fsp3) is 0.0909. The summed E-state index contributed by atoms with van der Waals surface area (Å²) in [5, 5.41) is 4.14. The third-order valence-electron chi connectivity index (χ3n) is 4.30. The van der Waals surface area contributed by atoms with Gasteiger partial charge < -0.3 is 10.1 Å². The lowest BCUT2D eigenvalue weighted by Crippen LogP contribution is -1.98. The fourth-order valence-electron chi connectivity index (χ4n) is 2.83. The van der Waals surface area contributed by atoms with Gasteiger partial charge in [-0.05, 0) is 48.0 Å². The highest BCUT2D eigenvalue weighted by atomic mass is 32.2. The van der Waals surface area contributed by atoms with E-state index in [0.29, 0.717) is 12.4 Å². The van der Waals surface area contributed by atoms with Gasteiger partial charge in [-0.15, -0.1) is 0 Å². The summed E-state index contributed by atoms with van der Waals surface area (Å²) in [4.78, 5) is 9.38. The Morgan fingerprint density at radius 1 is 0.964 bits per heavy atom. The van der Waals surface area contributed by atoms with Gasteiger partial charge in [0, 0.05) is 33.0 Å². The van der Waals surface area contributed by atoms with Gasteiger partial charge in [0.05, 0.1) is 5.52 Å². The van der Waals surface area contributed by atoms with Crippen LogP contribution in [0, 0.1) is 0 Å². The van der Waals surface area contributed by atoms with Crippen molar-refractivity contribution in [2.24, 2.45) is 0 Å². The molecular weight excluding hydrogens is 370 g/mol. The summed E-state index contributed by atoms with van der Waals surface area (Å²) >= 11 is 0. The van der Waals surface area contributed by atoms with Gasteiger partial charge in [-0.1, -0.05) is 30.3 Å². The van der Waals surface area contributed by atoms with E-state index in [-0.39, 0.29) is 0 Å². The van der Waals surface area contributed by atoms with E-state index in [0.717, 1.165) is 32.8 Å². The molecule has 0 fully saturated rings. The fourth-order valence-corrected chi connectivity index (χ4v) is 3.37. The maximum atomic E-state index is 11.8. The summed E-state index contributed by atoms with van der Waals surface area (Å²) < 4.78 is 17.6. The van der Waals surface area contributed by atoms with Crippen LogP contribution in [0.1, 0.15) is 5.56 Å². The van der Waals surface area contributed by atoms with E-state index in [9.17, 15) is 4.21 Å². The van der Waals surface area contributed by atoms with Gasteiger partial charge in [0.1, 0.15) is 24.5 Å². The van der Waals surface area contributed by atoms with Crippen LogP contribution in [-0.4, -0.2) is 20.4 Å². The molecule has 28 heavy (non-hydrogen) atoms. The van der Waals surface area contributed by atoms with Crippen molar-refractivity contribution >= 4 is 33.2 Å². The minimum absolute atomic E-state index is 0.529. The standard InChI is InChI=1S/C22H19N3O2S/c1-28(26)19-11-12-21-20(13-19)22(24-15-23-21)25-17-7-9-18(10-8-17)27-14-16-5-3-2-4-6-16/h2-13,15H,14H2,1H3,(H,23,24,25). The number of benzene rings is 3. The molecule has 140 valence electrons. The first-order valence-corrected chi connectivity index (χ1v) is 10.4. The van der Waals surface area contributed by atoms with Gasteiger partial charge in [0.25, 0.3) is 0 Å². The molecule has 0 spiro atoms. The Bertz CT molecular complexity index is 1120. The van der Waals surface area contributed by atoms with Crippen molar-refractivity contribution < 1.29 is 8.95 Å². The van der Waals surface area contributed by atoms with Crippen LogP contribution in [0.15, 0.2) is 84.0 Å². The molecule has 0 bridgehead atoms. The predicted molar refractivity (Wildman–Crippen MR) is 112 cm³/mol. The number of rotatable bonds is 6. The molecule has 6 heteroatoms. The van der Waals surface area contributed by atoms with E-state index in [4.69, 9.17) is 4.74 Å². The smallest absolute Gasteiger partial charge is 0.141 e. The third-order valence-corrected chi connectivity index (χ3v) is 5.22. The molecule has 0 radical (unpaired) electrons. The predicted octanol–water partition coefficient (Wildman–Crippen LogP) is 4.69. The van der Waals surface area contributed by atoms with Crippen molar-refractivity contribution in [3.05, 3.63) is 84.7 Å². The molecule has 5 nitrogen and oxygen atoms in total. The third kappa shape index (κ3) is 4.18. The number of fused-ring (bicyclic) bond motifs is 1. The number of anilines is 2. The highest BCUT2D eigenvalue weighted by molar-refractivity contribution is 7.84. The Kier molecular flexibility index (Phi) is 5.30. The van der Waals surface area contributed by atoms with E-state index in [1.54, 1.807) is 6.26 Å². The number of hydrogen-bond acceptors (Lipinski definition) is 5. The van der Waals surface area contributed by atoms with E-state index >= 15 is 0 Å². The summed E-state index contributed by atoms with van der Waals surface area (Å²) in [6.45, 7) is 0.529. The van der Waals surface area contributed by atoms with Crippen LogP contribution < -0.4 is 10.1 Å². The van der Waals surface area contributed by atoms with Crippen LogP contribution in [0.25, 0.3) is 10.9 Å². The average Bonchev–Trinajstić information content (AvgIpc) is 2.74. The van der Waals surface area contributed by atoms with Crippen LogP contribution in [0.3, 0.4) is 0 Å². The highest BCUT2D eigenvalue weighted by Crippen LogP contribution is 2.26. The molecule has 0 aliphatic rings. The van der Waals surface area contributed by atoms with E-state index in [1.165, 1.54) is 6.33 Å². The Balaban J connectivity index is 1.51. The molecule has 3 aromatic carbocycles. The molecule has 1 aromatic heterocycles. The molecular formula is C22H19N3O2S. The second-order valence-electron chi connectivity index (χ2n) is 6.28. The van der Waals surface area contributed by atoms with E-state index in [1.807, 2.05) is 72.8 Å². The summed E-state index contributed by atoms with van der Waals surface area (Å²) in [5.74, 6) is 1.47. The van der Waals surface area contributed by atoms with Crippen molar-refractivity contribution in [3.8, 4) is 5.75 Å². The number of hydrogen-bond donors (Lipinski definition) is 1. The topological polar surface area (TPSA) is 64.1 Å². The largest absolute Gasteiger partial charge is 0.489 e. The number of nitrogens with zero attached hydrogens (tertiary/aromatic N) is 2. The quantitative estimate of drug-likeness (QED) is 0.518. The molecule has 1 N–H and O–H groups in total. The Labute approximate surface area is 165 Å². The monoisotopic (exact) mass is 389 g/mol. The molecule has 1 atom stereocenters. The van der Waals surface area contributed by atoms with Gasteiger partial charge in [-0.2, -0.15) is 0 Å². The lowest BCUT2D eigenvalue weighted by atomic mass is 10.2. The first-order chi connectivity index (χ1) is 13.7. The maximum absolute atomic E-state index is 11.8. The zero-order valence-corrected chi connectivity index (χ0v) is 16.1. The SMILES string of the molecule is CS(=O)c1ccc2ncnc(Nc3ccc(OCc4ccccc4)cc3)c2c1. The average molecular weight is 389 g/mol. The highest BCUT2D eigenvalue weighted by Gasteiger charge is 2.07. The zero-order valence-electron chi connectivity index (χ0n) is 15.3. The number of ether oxygens (including phenoxy) is 1.